The van der Waals surface area contributed by atoms with Crippen molar-refractivity contribution in [1.29, 1.82) is 0 Å². The normalized spacial score (nSPS) is 16.0. The van der Waals surface area contributed by atoms with Gasteiger partial charge >= 0.3 is 0 Å². The van der Waals surface area contributed by atoms with Crippen LogP contribution in [0.4, 0.5) is 5.69 Å². The van der Waals surface area contributed by atoms with Gasteiger partial charge in [0.05, 0.1) is 0 Å². The van der Waals surface area contributed by atoms with Crippen molar-refractivity contribution < 1.29 is 4.79 Å². The first-order chi connectivity index (χ1) is 9.49. The van der Waals surface area contributed by atoms with Crippen LogP contribution in [-0.2, 0) is 4.79 Å². The second-order valence-corrected chi connectivity index (χ2v) is 5.74. The summed E-state index contributed by atoms with van der Waals surface area (Å²) in [7, 11) is 0. The van der Waals surface area contributed by atoms with Crippen LogP contribution in [0.15, 0.2) is 18.2 Å². The van der Waals surface area contributed by atoms with Gasteiger partial charge in [0.1, 0.15) is 4.99 Å². The van der Waals surface area contributed by atoms with Crippen LogP contribution in [0.5, 0.6) is 0 Å². The Labute approximate surface area is 125 Å². The third-order valence-electron chi connectivity index (χ3n) is 3.72. The smallest absolute Gasteiger partial charge is 0.217 e. The molecule has 2 rings (SSSR count). The summed E-state index contributed by atoms with van der Waals surface area (Å²) in [5.74, 6) is 0.0446. The van der Waals surface area contributed by atoms with Crippen LogP contribution in [-0.4, -0.2) is 30.0 Å². The molecule has 0 saturated carbocycles. The summed E-state index contributed by atoms with van der Waals surface area (Å²) >= 11 is 5.15. The Morgan fingerprint density at radius 3 is 2.60 bits per heavy atom. The zero-order chi connectivity index (χ0) is 14.7. The standard InChI is InChI=1S/C15H21N3OS/c1-10-4-3-5-13(15(16)20)14(10)18-8-6-12(7-9-18)17-11(2)19/h3-5,12H,6-9H2,1-2H3,(H2,16,20)(H,17,19). The number of nitrogens with two attached hydrogens (primary N) is 1. The number of thiocarbonyl (C=S) groups is 1. The van der Waals surface area contributed by atoms with Gasteiger partial charge in [-0.15, -0.1) is 0 Å². The van der Waals surface area contributed by atoms with Crippen LogP contribution in [0.25, 0.3) is 0 Å². The van der Waals surface area contributed by atoms with E-state index in [2.05, 4.69) is 23.2 Å². The number of amides is 1. The number of aryl methyl sites for hydroxylation is 1. The molecule has 5 heteroatoms. The number of nitrogens with one attached hydrogen (secondary N) is 1. The number of piperidine rings is 1. The molecule has 1 fully saturated rings. The molecule has 0 aliphatic carbocycles. The highest BCUT2D eigenvalue weighted by Gasteiger charge is 2.23. The van der Waals surface area contributed by atoms with Crippen LogP contribution < -0.4 is 16.0 Å². The number of hydrogen-bond donors (Lipinski definition) is 2. The van der Waals surface area contributed by atoms with E-state index in [-0.39, 0.29) is 11.9 Å². The minimum absolute atomic E-state index is 0.0446. The molecule has 1 amide bonds. The molecule has 1 aromatic carbocycles. The molecule has 1 aliphatic rings. The fourth-order valence-corrected chi connectivity index (χ4v) is 2.98. The maximum Gasteiger partial charge on any atom is 0.217 e. The van der Waals surface area contributed by atoms with Crippen molar-refractivity contribution in [2.24, 2.45) is 5.73 Å². The average Bonchev–Trinajstić information content (AvgIpc) is 2.39. The van der Waals surface area contributed by atoms with Crippen molar-refractivity contribution >= 4 is 28.8 Å². The van der Waals surface area contributed by atoms with Gasteiger partial charge in [0.25, 0.3) is 0 Å². The lowest BCUT2D eigenvalue weighted by atomic mass is 10.0. The zero-order valence-corrected chi connectivity index (χ0v) is 12.8. The summed E-state index contributed by atoms with van der Waals surface area (Å²) in [6, 6.07) is 6.32. The predicted octanol–water partition coefficient (Wildman–Crippen LogP) is 1.73. The summed E-state index contributed by atoms with van der Waals surface area (Å²) in [5, 5.41) is 2.99. The Bertz CT molecular complexity index is 522. The van der Waals surface area contributed by atoms with E-state index < -0.39 is 0 Å². The average molecular weight is 291 g/mol. The molecule has 4 nitrogen and oxygen atoms in total. The van der Waals surface area contributed by atoms with Gasteiger partial charge in [-0.1, -0.05) is 24.4 Å². The van der Waals surface area contributed by atoms with Crippen LogP contribution >= 0.6 is 12.2 Å². The first kappa shape index (κ1) is 14.8. The lowest BCUT2D eigenvalue weighted by molar-refractivity contribution is -0.119. The fourth-order valence-electron chi connectivity index (χ4n) is 2.81. The van der Waals surface area contributed by atoms with Crippen molar-refractivity contribution in [2.75, 3.05) is 18.0 Å². The molecule has 0 radical (unpaired) electrons. The van der Waals surface area contributed by atoms with E-state index in [0.717, 1.165) is 37.2 Å². The van der Waals surface area contributed by atoms with Gasteiger partial charge in [-0.3, -0.25) is 4.79 Å². The maximum absolute atomic E-state index is 11.1. The number of nitrogens with zero attached hydrogens (tertiary/aromatic N) is 1. The topological polar surface area (TPSA) is 58.4 Å². The third-order valence-corrected chi connectivity index (χ3v) is 3.94. The van der Waals surface area contributed by atoms with E-state index >= 15 is 0 Å². The largest absolute Gasteiger partial charge is 0.389 e. The van der Waals surface area contributed by atoms with Crippen molar-refractivity contribution in [3.8, 4) is 0 Å². The number of hydrogen-bond acceptors (Lipinski definition) is 3. The van der Waals surface area contributed by atoms with Crippen molar-refractivity contribution in [1.82, 2.24) is 5.32 Å². The number of benzene rings is 1. The molecule has 0 spiro atoms. The Hall–Kier alpha value is -1.62. The highest BCUT2D eigenvalue weighted by molar-refractivity contribution is 7.80. The highest BCUT2D eigenvalue weighted by atomic mass is 32.1. The van der Waals surface area contributed by atoms with Gasteiger partial charge in [0.2, 0.25) is 5.91 Å². The second-order valence-electron chi connectivity index (χ2n) is 5.30. The molecule has 1 saturated heterocycles. The summed E-state index contributed by atoms with van der Waals surface area (Å²) in [6.45, 7) is 5.46. The SMILES string of the molecule is CC(=O)NC1CCN(c2c(C)cccc2C(N)=S)CC1. The summed E-state index contributed by atoms with van der Waals surface area (Å²) in [4.78, 5) is 13.9. The fraction of sp³-hybridized carbons (Fsp3) is 0.467. The first-order valence-corrected chi connectivity index (χ1v) is 7.31. The molecule has 3 N–H and O–H groups in total. The molecule has 0 bridgehead atoms. The van der Waals surface area contributed by atoms with Gasteiger partial charge in [0, 0.05) is 37.3 Å². The lowest BCUT2D eigenvalue weighted by Crippen LogP contribution is -2.44. The van der Waals surface area contributed by atoms with Gasteiger partial charge in [-0.05, 0) is 31.4 Å². The van der Waals surface area contributed by atoms with Crippen LogP contribution in [0.3, 0.4) is 0 Å². The third kappa shape index (κ3) is 3.28. The number of carbonyl (C=O) groups excluding carboxylic acids is 1. The van der Waals surface area contributed by atoms with Gasteiger partial charge in [-0.2, -0.15) is 0 Å². The summed E-state index contributed by atoms with van der Waals surface area (Å²) in [6.07, 6.45) is 1.90. The first-order valence-electron chi connectivity index (χ1n) is 6.90. The quantitative estimate of drug-likeness (QED) is 0.833. The molecule has 108 valence electrons. The van der Waals surface area contributed by atoms with E-state index in [1.807, 2.05) is 12.1 Å². The van der Waals surface area contributed by atoms with Gasteiger partial charge in [-0.25, -0.2) is 0 Å². The van der Waals surface area contributed by atoms with E-state index in [9.17, 15) is 4.79 Å². The van der Waals surface area contributed by atoms with Gasteiger partial charge < -0.3 is 16.0 Å². The van der Waals surface area contributed by atoms with Gasteiger partial charge in [0.15, 0.2) is 0 Å². The molecule has 1 aromatic rings. The van der Waals surface area contributed by atoms with E-state index in [1.165, 1.54) is 5.56 Å². The van der Waals surface area contributed by atoms with Crippen molar-refractivity contribution in [3.63, 3.8) is 0 Å². The van der Waals surface area contributed by atoms with E-state index in [0.29, 0.717) is 4.99 Å². The van der Waals surface area contributed by atoms with E-state index in [1.54, 1.807) is 6.92 Å². The van der Waals surface area contributed by atoms with Crippen LogP contribution in [0.1, 0.15) is 30.9 Å². The molecule has 0 aromatic heterocycles. The zero-order valence-electron chi connectivity index (χ0n) is 12.0. The second kappa shape index (κ2) is 6.22. The van der Waals surface area contributed by atoms with Crippen molar-refractivity contribution in [3.05, 3.63) is 29.3 Å². The molecule has 0 unspecified atom stereocenters. The number of anilines is 1. The maximum atomic E-state index is 11.1. The van der Waals surface area contributed by atoms with E-state index in [4.69, 9.17) is 18.0 Å². The number of para-hydroxylation sites is 1. The summed E-state index contributed by atoms with van der Waals surface area (Å²) < 4.78 is 0. The lowest BCUT2D eigenvalue weighted by Gasteiger charge is -2.35. The molecular weight excluding hydrogens is 270 g/mol. The minimum Gasteiger partial charge on any atom is -0.389 e. The van der Waals surface area contributed by atoms with Crippen molar-refractivity contribution in [2.45, 2.75) is 32.7 Å². The molecule has 1 aliphatic heterocycles. The Balaban J connectivity index is 2.14. The predicted molar refractivity (Wildman–Crippen MR) is 86.1 cm³/mol. The molecular formula is C15H21N3OS. The highest BCUT2D eigenvalue weighted by Crippen LogP contribution is 2.28. The molecule has 20 heavy (non-hydrogen) atoms. The monoisotopic (exact) mass is 291 g/mol. The summed E-state index contributed by atoms with van der Waals surface area (Å²) in [5.41, 5.74) is 9.10. The molecule has 0 atom stereocenters. The number of carbonyl (C=O) groups is 1. The Morgan fingerprint density at radius 2 is 2.05 bits per heavy atom. The molecule has 1 heterocycles. The Morgan fingerprint density at radius 1 is 1.40 bits per heavy atom. The Kier molecular flexibility index (Phi) is 4.60. The minimum atomic E-state index is 0.0446. The van der Waals surface area contributed by atoms with Crippen LogP contribution in [0, 0.1) is 6.92 Å². The van der Waals surface area contributed by atoms with Crippen LogP contribution in [0.2, 0.25) is 0 Å². The number of rotatable bonds is 3.